The predicted octanol–water partition coefficient (Wildman–Crippen LogP) is 2.25. The van der Waals surface area contributed by atoms with E-state index in [0.29, 0.717) is 17.6 Å². The summed E-state index contributed by atoms with van der Waals surface area (Å²) in [5.74, 6) is 0. The Morgan fingerprint density at radius 3 is 2.71 bits per heavy atom. The van der Waals surface area contributed by atoms with Gasteiger partial charge in [-0.3, -0.25) is 4.90 Å². The molecule has 14 heavy (non-hydrogen) atoms. The zero-order chi connectivity index (χ0) is 10.8. The molecule has 1 heterocycles. The molecular weight excluding hydrogens is 172 g/mol. The van der Waals surface area contributed by atoms with E-state index < -0.39 is 0 Å². The minimum absolute atomic E-state index is 0.297. The van der Waals surface area contributed by atoms with Crippen LogP contribution >= 0.6 is 0 Å². The van der Waals surface area contributed by atoms with Crippen LogP contribution in [0, 0.1) is 0 Å². The topological polar surface area (TPSA) is 15.3 Å². The van der Waals surface area contributed by atoms with Crippen molar-refractivity contribution in [1.29, 1.82) is 0 Å². The second kappa shape index (κ2) is 4.63. The molecule has 0 amide bonds. The van der Waals surface area contributed by atoms with E-state index in [-0.39, 0.29) is 0 Å². The van der Waals surface area contributed by atoms with Gasteiger partial charge in [-0.25, -0.2) is 0 Å². The first-order valence-electron chi connectivity index (χ1n) is 5.98. The molecule has 0 aliphatic carbocycles. The van der Waals surface area contributed by atoms with Crippen LogP contribution in [0.4, 0.5) is 0 Å². The predicted molar refractivity (Wildman–Crippen MR) is 62.6 cm³/mol. The zero-order valence-electron chi connectivity index (χ0n) is 10.4. The number of hydrogen-bond donors (Lipinski definition) is 1. The zero-order valence-corrected chi connectivity index (χ0v) is 10.4. The monoisotopic (exact) mass is 198 g/mol. The fraction of sp³-hybridized carbons (Fsp3) is 1.00. The highest BCUT2D eigenvalue weighted by atomic mass is 15.3. The van der Waals surface area contributed by atoms with E-state index in [1.807, 2.05) is 0 Å². The molecule has 2 nitrogen and oxygen atoms in total. The van der Waals surface area contributed by atoms with E-state index in [1.165, 1.54) is 12.8 Å². The van der Waals surface area contributed by atoms with Crippen molar-refractivity contribution in [2.45, 2.75) is 65.1 Å². The Balaban J connectivity index is 2.80. The molecule has 0 aromatic carbocycles. The maximum Gasteiger partial charge on any atom is 0.0283 e. The molecule has 0 aromatic heterocycles. The fourth-order valence-electron chi connectivity index (χ4n) is 2.76. The van der Waals surface area contributed by atoms with Crippen molar-refractivity contribution in [3.05, 3.63) is 0 Å². The van der Waals surface area contributed by atoms with Crippen LogP contribution in [0.25, 0.3) is 0 Å². The van der Waals surface area contributed by atoms with E-state index in [1.54, 1.807) is 0 Å². The molecule has 2 unspecified atom stereocenters. The lowest BCUT2D eigenvalue weighted by atomic mass is 9.97. The summed E-state index contributed by atoms with van der Waals surface area (Å²) in [6, 6.07) is 1.40. The van der Waals surface area contributed by atoms with Gasteiger partial charge < -0.3 is 5.32 Å². The van der Waals surface area contributed by atoms with E-state index >= 15 is 0 Å². The van der Waals surface area contributed by atoms with E-state index in [0.717, 1.165) is 13.1 Å². The van der Waals surface area contributed by atoms with E-state index in [2.05, 4.69) is 44.8 Å². The minimum Gasteiger partial charge on any atom is -0.315 e. The fourth-order valence-corrected chi connectivity index (χ4v) is 2.76. The van der Waals surface area contributed by atoms with Crippen molar-refractivity contribution >= 4 is 0 Å². The molecule has 1 fully saturated rings. The summed E-state index contributed by atoms with van der Waals surface area (Å²) < 4.78 is 0. The summed E-state index contributed by atoms with van der Waals surface area (Å²) in [5, 5.41) is 3.54. The summed E-state index contributed by atoms with van der Waals surface area (Å²) in [7, 11) is 0. The Hall–Kier alpha value is -0.0800. The van der Waals surface area contributed by atoms with Crippen LogP contribution in [0.2, 0.25) is 0 Å². The number of hydrogen-bond acceptors (Lipinski definition) is 2. The molecule has 0 aromatic rings. The number of rotatable bonds is 2. The second-order valence-electron chi connectivity index (χ2n) is 5.29. The van der Waals surface area contributed by atoms with Crippen LogP contribution in [0.15, 0.2) is 0 Å². The molecule has 0 radical (unpaired) electrons. The molecule has 0 bridgehead atoms. The molecule has 2 atom stereocenters. The molecule has 1 rings (SSSR count). The first-order chi connectivity index (χ1) is 6.49. The average Bonchev–Trinajstić information content (AvgIpc) is 2.23. The Labute approximate surface area is 89.1 Å². The summed E-state index contributed by atoms with van der Waals surface area (Å²) >= 11 is 0. The Bertz CT molecular complexity index is 177. The largest absolute Gasteiger partial charge is 0.315 e. The molecule has 1 aliphatic heterocycles. The van der Waals surface area contributed by atoms with Crippen molar-refractivity contribution in [3.63, 3.8) is 0 Å². The highest BCUT2D eigenvalue weighted by molar-refractivity contribution is 4.92. The van der Waals surface area contributed by atoms with Gasteiger partial charge in [-0.1, -0.05) is 6.92 Å². The normalized spacial score (nSPS) is 31.1. The van der Waals surface area contributed by atoms with Gasteiger partial charge in [-0.2, -0.15) is 0 Å². The Morgan fingerprint density at radius 2 is 2.14 bits per heavy atom. The molecule has 0 saturated carbocycles. The van der Waals surface area contributed by atoms with E-state index in [4.69, 9.17) is 0 Å². The van der Waals surface area contributed by atoms with Gasteiger partial charge in [-0.05, 0) is 47.1 Å². The van der Waals surface area contributed by atoms with Gasteiger partial charge in [0.1, 0.15) is 0 Å². The highest BCUT2D eigenvalue weighted by Crippen LogP contribution is 2.25. The van der Waals surface area contributed by atoms with Crippen LogP contribution in [-0.2, 0) is 0 Å². The lowest BCUT2D eigenvalue weighted by Gasteiger charge is -2.44. The minimum atomic E-state index is 0.297. The van der Waals surface area contributed by atoms with Crippen molar-refractivity contribution < 1.29 is 0 Å². The lowest BCUT2D eigenvalue weighted by Crippen LogP contribution is -2.55. The summed E-state index contributed by atoms with van der Waals surface area (Å²) in [4.78, 5) is 2.69. The van der Waals surface area contributed by atoms with Crippen molar-refractivity contribution in [2.75, 3.05) is 13.1 Å². The van der Waals surface area contributed by atoms with Gasteiger partial charge in [0.15, 0.2) is 0 Å². The molecule has 2 heteroatoms. The molecular formula is C12H26N2. The smallest absolute Gasteiger partial charge is 0.0283 e. The van der Waals surface area contributed by atoms with Crippen molar-refractivity contribution in [1.82, 2.24) is 10.2 Å². The van der Waals surface area contributed by atoms with Crippen LogP contribution in [0.1, 0.15) is 47.5 Å². The van der Waals surface area contributed by atoms with Crippen LogP contribution in [0.5, 0.6) is 0 Å². The third-order valence-corrected chi connectivity index (χ3v) is 3.54. The summed E-state index contributed by atoms with van der Waals surface area (Å²) in [6.45, 7) is 14.0. The van der Waals surface area contributed by atoms with Gasteiger partial charge in [-0.15, -0.1) is 0 Å². The lowest BCUT2D eigenvalue weighted by molar-refractivity contribution is 0.0455. The van der Waals surface area contributed by atoms with Crippen molar-refractivity contribution in [3.8, 4) is 0 Å². The molecule has 84 valence electrons. The first kappa shape index (κ1) is 12.0. The second-order valence-corrected chi connectivity index (χ2v) is 5.29. The third kappa shape index (κ3) is 2.48. The first-order valence-corrected chi connectivity index (χ1v) is 5.98. The van der Waals surface area contributed by atoms with Gasteiger partial charge in [0.05, 0.1) is 0 Å². The van der Waals surface area contributed by atoms with Crippen molar-refractivity contribution in [2.24, 2.45) is 0 Å². The van der Waals surface area contributed by atoms with Gasteiger partial charge in [0.25, 0.3) is 0 Å². The molecule has 1 aliphatic rings. The maximum absolute atomic E-state index is 3.54. The molecule has 1 N–H and O–H groups in total. The van der Waals surface area contributed by atoms with Crippen LogP contribution in [-0.4, -0.2) is 35.6 Å². The quantitative estimate of drug-likeness (QED) is 0.732. The Kier molecular flexibility index (Phi) is 3.96. The average molecular weight is 198 g/mol. The number of nitrogens with one attached hydrogen (secondary N) is 1. The highest BCUT2D eigenvalue weighted by Gasteiger charge is 2.34. The summed E-state index contributed by atoms with van der Waals surface area (Å²) in [6.07, 6.45) is 2.52. The SMILES string of the molecule is CCC(C)N1C(C)CCNCC1(C)C. The van der Waals surface area contributed by atoms with Crippen LogP contribution < -0.4 is 5.32 Å². The van der Waals surface area contributed by atoms with Gasteiger partial charge in [0, 0.05) is 24.2 Å². The Morgan fingerprint density at radius 1 is 1.50 bits per heavy atom. The maximum atomic E-state index is 3.54. The number of nitrogens with zero attached hydrogens (tertiary/aromatic N) is 1. The summed E-state index contributed by atoms with van der Waals surface area (Å²) in [5.41, 5.74) is 0.297. The molecule has 1 saturated heterocycles. The van der Waals surface area contributed by atoms with Crippen LogP contribution in [0.3, 0.4) is 0 Å². The molecule has 0 spiro atoms. The van der Waals surface area contributed by atoms with Gasteiger partial charge >= 0.3 is 0 Å². The third-order valence-electron chi connectivity index (χ3n) is 3.54. The van der Waals surface area contributed by atoms with Gasteiger partial charge in [0.2, 0.25) is 0 Å². The standard InChI is InChI=1S/C12H26N2/c1-6-10(2)14-11(3)7-8-13-9-12(14,4)5/h10-11,13H,6-9H2,1-5H3. The van der Waals surface area contributed by atoms with E-state index in [9.17, 15) is 0 Å².